The highest BCUT2D eigenvalue weighted by molar-refractivity contribution is 5.72. The predicted octanol–water partition coefficient (Wildman–Crippen LogP) is -0.0593. The van der Waals surface area contributed by atoms with Gasteiger partial charge in [-0.2, -0.15) is 0 Å². The molecule has 1 rings (SSSR count). The van der Waals surface area contributed by atoms with Crippen molar-refractivity contribution in [2.45, 2.75) is 26.4 Å². The van der Waals surface area contributed by atoms with Crippen LogP contribution >= 0.6 is 0 Å². The highest BCUT2D eigenvalue weighted by atomic mass is 16.6. The third kappa shape index (κ3) is 2.51. The number of carboxylic acids is 1. The SMILES string of the molecule is Cc1nonc1CN[C@@H](C)C(=O)O. The number of aromatic nitrogens is 2. The first-order valence-electron chi connectivity index (χ1n) is 3.85. The molecule has 0 fully saturated rings. The molecule has 0 aromatic carbocycles. The summed E-state index contributed by atoms with van der Waals surface area (Å²) in [6.07, 6.45) is 0. The molecule has 0 aliphatic carbocycles. The Morgan fingerprint density at radius 1 is 1.69 bits per heavy atom. The van der Waals surface area contributed by atoms with Crippen LogP contribution in [0, 0.1) is 6.92 Å². The number of aryl methyl sites for hydroxylation is 1. The summed E-state index contributed by atoms with van der Waals surface area (Å²) in [5, 5.41) is 18.5. The zero-order valence-electron chi connectivity index (χ0n) is 7.44. The molecule has 1 atom stereocenters. The van der Waals surface area contributed by atoms with E-state index in [0.717, 1.165) is 0 Å². The Morgan fingerprint density at radius 3 is 2.85 bits per heavy atom. The summed E-state index contributed by atoms with van der Waals surface area (Å²) in [5.41, 5.74) is 1.30. The van der Waals surface area contributed by atoms with Crippen molar-refractivity contribution in [3.8, 4) is 0 Å². The van der Waals surface area contributed by atoms with E-state index in [-0.39, 0.29) is 0 Å². The van der Waals surface area contributed by atoms with Gasteiger partial charge in [0.2, 0.25) is 0 Å². The molecule has 13 heavy (non-hydrogen) atoms. The van der Waals surface area contributed by atoms with Crippen molar-refractivity contribution in [1.82, 2.24) is 15.6 Å². The summed E-state index contributed by atoms with van der Waals surface area (Å²) in [6, 6.07) is -0.601. The summed E-state index contributed by atoms with van der Waals surface area (Å²) in [5.74, 6) is -0.894. The Labute approximate surface area is 74.9 Å². The number of rotatable bonds is 4. The zero-order valence-corrected chi connectivity index (χ0v) is 7.44. The monoisotopic (exact) mass is 185 g/mol. The standard InChI is InChI=1S/C7H11N3O3/c1-4-6(10-13-9-4)3-8-5(2)7(11)12/h5,8H,3H2,1-2H3,(H,11,12)/t5-/m0/s1. The Kier molecular flexibility index (Phi) is 2.97. The van der Waals surface area contributed by atoms with Crippen molar-refractivity contribution in [1.29, 1.82) is 0 Å². The second-order valence-corrected chi connectivity index (χ2v) is 2.74. The van der Waals surface area contributed by atoms with Gasteiger partial charge in [0.1, 0.15) is 17.4 Å². The maximum absolute atomic E-state index is 10.4. The van der Waals surface area contributed by atoms with E-state index in [0.29, 0.717) is 17.9 Å². The van der Waals surface area contributed by atoms with Crippen LogP contribution in [0.5, 0.6) is 0 Å². The minimum absolute atomic E-state index is 0.350. The Hall–Kier alpha value is -1.43. The van der Waals surface area contributed by atoms with Crippen LogP contribution < -0.4 is 5.32 Å². The van der Waals surface area contributed by atoms with Gasteiger partial charge in [-0.25, -0.2) is 4.63 Å². The minimum atomic E-state index is -0.894. The Bertz CT molecular complexity index is 297. The number of hydrogen-bond donors (Lipinski definition) is 2. The highest BCUT2D eigenvalue weighted by Gasteiger charge is 2.11. The Morgan fingerprint density at radius 2 is 2.38 bits per heavy atom. The molecule has 2 N–H and O–H groups in total. The lowest BCUT2D eigenvalue weighted by atomic mass is 10.3. The fourth-order valence-electron chi connectivity index (χ4n) is 0.747. The normalized spacial score (nSPS) is 12.8. The largest absolute Gasteiger partial charge is 0.480 e. The average Bonchev–Trinajstić information content (AvgIpc) is 2.47. The van der Waals surface area contributed by atoms with Crippen LogP contribution in [0.1, 0.15) is 18.3 Å². The summed E-state index contributed by atoms with van der Waals surface area (Å²) in [4.78, 5) is 10.4. The van der Waals surface area contributed by atoms with Gasteiger partial charge in [0.05, 0.1) is 0 Å². The summed E-state index contributed by atoms with van der Waals surface area (Å²) >= 11 is 0. The molecular weight excluding hydrogens is 174 g/mol. The Balaban J connectivity index is 2.44. The van der Waals surface area contributed by atoms with Gasteiger partial charge in [-0.15, -0.1) is 0 Å². The van der Waals surface area contributed by atoms with Gasteiger partial charge >= 0.3 is 5.97 Å². The summed E-state index contributed by atoms with van der Waals surface area (Å²) < 4.78 is 4.45. The van der Waals surface area contributed by atoms with Crippen molar-refractivity contribution >= 4 is 5.97 Å². The molecule has 0 saturated heterocycles. The quantitative estimate of drug-likeness (QED) is 0.683. The molecule has 72 valence electrons. The van der Waals surface area contributed by atoms with Crippen LogP contribution in [-0.4, -0.2) is 27.4 Å². The van der Waals surface area contributed by atoms with Gasteiger partial charge in [-0.3, -0.25) is 10.1 Å². The van der Waals surface area contributed by atoms with Crippen LogP contribution in [0.4, 0.5) is 0 Å². The molecule has 6 heteroatoms. The summed E-state index contributed by atoms with van der Waals surface area (Å²) in [6.45, 7) is 3.66. The van der Waals surface area contributed by atoms with Gasteiger partial charge in [-0.1, -0.05) is 10.3 Å². The average molecular weight is 185 g/mol. The smallest absolute Gasteiger partial charge is 0.320 e. The number of carboxylic acid groups (broad SMARTS) is 1. The second kappa shape index (κ2) is 3.99. The number of nitrogens with one attached hydrogen (secondary N) is 1. The molecule has 0 unspecified atom stereocenters. The molecule has 0 spiro atoms. The van der Waals surface area contributed by atoms with Gasteiger partial charge in [0.25, 0.3) is 0 Å². The van der Waals surface area contributed by atoms with Gasteiger partial charge in [-0.05, 0) is 13.8 Å². The van der Waals surface area contributed by atoms with E-state index in [2.05, 4.69) is 20.3 Å². The topological polar surface area (TPSA) is 88.3 Å². The first kappa shape index (κ1) is 9.66. The molecular formula is C7H11N3O3. The van der Waals surface area contributed by atoms with Crippen molar-refractivity contribution in [3.05, 3.63) is 11.4 Å². The molecule has 6 nitrogen and oxygen atoms in total. The lowest BCUT2D eigenvalue weighted by Gasteiger charge is -2.06. The molecule has 1 heterocycles. The number of aliphatic carboxylic acids is 1. The molecule has 0 saturated carbocycles. The van der Waals surface area contributed by atoms with Gasteiger partial charge in [0, 0.05) is 6.54 Å². The van der Waals surface area contributed by atoms with E-state index >= 15 is 0 Å². The lowest BCUT2D eigenvalue weighted by Crippen LogP contribution is -2.33. The molecule has 0 amide bonds. The third-order valence-corrected chi connectivity index (χ3v) is 1.69. The fraction of sp³-hybridized carbons (Fsp3) is 0.571. The van der Waals surface area contributed by atoms with Crippen molar-refractivity contribution in [3.63, 3.8) is 0 Å². The molecule has 1 aromatic heterocycles. The predicted molar refractivity (Wildman–Crippen MR) is 43.0 cm³/mol. The number of nitrogens with zero attached hydrogens (tertiary/aromatic N) is 2. The molecule has 1 aromatic rings. The first-order valence-corrected chi connectivity index (χ1v) is 3.85. The van der Waals surface area contributed by atoms with E-state index in [1.54, 1.807) is 13.8 Å². The van der Waals surface area contributed by atoms with Crippen LogP contribution in [0.3, 0.4) is 0 Å². The minimum Gasteiger partial charge on any atom is -0.480 e. The van der Waals surface area contributed by atoms with Crippen LogP contribution in [0.15, 0.2) is 4.63 Å². The molecule has 0 radical (unpaired) electrons. The van der Waals surface area contributed by atoms with Crippen molar-refractivity contribution < 1.29 is 14.5 Å². The molecule has 0 aliphatic rings. The maximum atomic E-state index is 10.4. The fourth-order valence-corrected chi connectivity index (χ4v) is 0.747. The van der Waals surface area contributed by atoms with Crippen molar-refractivity contribution in [2.75, 3.05) is 0 Å². The number of hydrogen-bond acceptors (Lipinski definition) is 5. The van der Waals surface area contributed by atoms with Gasteiger partial charge in [0.15, 0.2) is 0 Å². The van der Waals surface area contributed by atoms with Gasteiger partial charge < -0.3 is 5.11 Å². The van der Waals surface area contributed by atoms with E-state index in [9.17, 15) is 4.79 Å². The van der Waals surface area contributed by atoms with Crippen LogP contribution in [-0.2, 0) is 11.3 Å². The second-order valence-electron chi connectivity index (χ2n) is 2.74. The third-order valence-electron chi connectivity index (χ3n) is 1.69. The van der Waals surface area contributed by atoms with E-state index in [4.69, 9.17) is 5.11 Å². The molecule has 0 bridgehead atoms. The maximum Gasteiger partial charge on any atom is 0.320 e. The lowest BCUT2D eigenvalue weighted by molar-refractivity contribution is -0.139. The highest BCUT2D eigenvalue weighted by Crippen LogP contribution is 1.99. The van der Waals surface area contributed by atoms with E-state index in [1.165, 1.54) is 0 Å². The van der Waals surface area contributed by atoms with Crippen LogP contribution in [0.25, 0.3) is 0 Å². The van der Waals surface area contributed by atoms with E-state index in [1.807, 2.05) is 0 Å². The number of carbonyl (C=O) groups is 1. The van der Waals surface area contributed by atoms with Crippen molar-refractivity contribution in [2.24, 2.45) is 0 Å². The van der Waals surface area contributed by atoms with E-state index < -0.39 is 12.0 Å². The zero-order chi connectivity index (χ0) is 9.84. The first-order chi connectivity index (χ1) is 6.11. The van der Waals surface area contributed by atoms with Crippen LogP contribution in [0.2, 0.25) is 0 Å². The molecule has 0 aliphatic heterocycles. The summed E-state index contributed by atoms with van der Waals surface area (Å²) in [7, 11) is 0.